The Morgan fingerprint density at radius 3 is 2.47 bits per heavy atom. The minimum atomic E-state index is -4.34. The number of nitrogens with zero attached hydrogens (tertiary/aromatic N) is 5. The Hall–Kier alpha value is -5.49. The number of imidazole rings is 1. The van der Waals surface area contributed by atoms with Gasteiger partial charge in [-0.15, -0.1) is 0 Å². The van der Waals surface area contributed by atoms with E-state index in [-0.39, 0.29) is 54.2 Å². The van der Waals surface area contributed by atoms with Crippen LogP contribution in [0.5, 0.6) is 11.5 Å². The molecule has 0 saturated carbocycles. The van der Waals surface area contributed by atoms with Gasteiger partial charge in [-0.3, -0.25) is 38.5 Å². The van der Waals surface area contributed by atoms with Gasteiger partial charge < -0.3 is 14.7 Å². The number of ether oxygens (including phenoxy) is 1. The fourth-order valence-corrected chi connectivity index (χ4v) is 9.43. The molecule has 16 nitrogen and oxygen atoms in total. The van der Waals surface area contributed by atoms with Gasteiger partial charge in [0.15, 0.2) is 5.82 Å². The van der Waals surface area contributed by atoms with Crippen LogP contribution >= 0.6 is 0 Å². The number of piperidine rings is 2. The third-order valence-corrected chi connectivity index (χ3v) is 12.6. The summed E-state index contributed by atoms with van der Waals surface area (Å²) in [5.41, 5.74) is 1.55. The van der Waals surface area contributed by atoms with E-state index in [1.54, 1.807) is 28.5 Å². The van der Waals surface area contributed by atoms with Crippen LogP contribution in [0.3, 0.4) is 0 Å². The summed E-state index contributed by atoms with van der Waals surface area (Å²) in [7, 11) is -2.66. The molecule has 4 fully saturated rings. The van der Waals surface area contributed by atoms with Crippen molar-refractivity contribution in [1.29, 1.82) is 0 Å². The highest BCUT2D eigenvalue weighted by atomic mass is 32.2. The number of phenolic OH excluding ortho intramolecular Hbond substituents is 1. The van der Waals surface area contributed by atoms with Crippen LogP contribution in [0.15, 0.2) is 47.3 Å². The molecular weight excluding hydrogens is 738 g/mol. The molecule has 0 spiro atoms. The number of fused-ring (bicyclic) bond motifs is 2. The molecule has 18 heteroatoms. The Labute approximate surface area is 314 Å². The van der Waals surface area contributed by atoms with Gasteiger partial charge in [-0.2, -0.15) is 8.42 Å². The summed E-state index contributed by atoms with van der Waals surface area (Å²) in [6, 6.07) is 11.0. The zero-order valence-electron chi connectivity index (χ0n) is 30.0. The lowest BCUT2D eigenvalue weighted by molar-refractivity contribution is -0.136. The van der Waals surface area contributed by atoms with Crippen LogP contribution in [0.4, 0.5) is 10.1 Å². The van der Waals surface area contributed by atoms with Crippen LogP contribution in [0.2, 0.25) is 0 Å². The molecule has 1 unspecified atom stereocenters. The van der Waals surface area contributed by atoms with Crippen LogP contribution in [-0.2, 0) is 36.4 Å². The summed E-state index contributed by atoms with van der Waals surface area (Å²) < 4.78 is 51.6. The van der Waals surface area contributed by atoms with Gasteiger partial charge in [0.2, 0.25) is 17.7 Å². The maximum Gasteiger partial charge on any atom is 0.329 e. The third-order valence-electron chi connectivity index (χ3n) is 11.3. The van der Waals surface area contributed by atoms with Crippen LogP contribution in [0.25, 0.3) is 21.8 Å². The van der Waals surface area contributed by atoms with E-state index in [0.29, 0.717) is 40.6 Å². The molecule has 3 N–H and O–H groups in total. The number of imide groups is 1. The maximum absolute atomic E-state index is 15.6. The summed E-state index contributed by atoms with van der Waals surface area (Å²) >= 11 is 0. The van der Waals surface area contributed by atoms with Gasteiger partial charge in [-0.25, -0.2) is 18.2 Å². The molecule has 3 aromatic carbocycles. The lowest BCUT2D eigenvalue weighted by Crippen LogP contribution is -2.44. The molecule has 4 aromatic rings. The van der Waals surface area contributed by atoms with E-state index in [0.717, 1.165) is 43.4 Å². The first-order chi connectivity index (χ1) is 26.3. The number of aromatic hydroxyl groups is 1. The quantitative estimate of drug-likeness (QED) is 0.222. The first-order valence-electron chi connectivity index (χ1n) is 18.2. The van der Waals surface area contributed by atoms with E-state index in [2.05, 4.69) is 10.2 Å². The first kappa shape index (κ1) is 36.5. The van der Waals surface area contributed by atoms with Crippen molar-refractivity contribution in [3.05, 3.63) is 64.3 Å². The number of halogens is 1. The van der Waals surface area contributed by atoms with Crippen LogP contribution < -0.4 is 24.8 Å². The van der Waals surface area contributed by atoms with E-state index in [1.165, 1.54) is 16.7 Å². The lowest BCUT2D eigenvalue weighted by Gasteiger charge is -2.32. The maximum atomic E-state index is 15.6. The number of carbonyl (C=O) groups excluding carboxylic acids is 4. The number of aryl methyl sites for hydroxylation is 1. The van der Waals surface area contributed by atoms with Gasteiger partial charge in [0.05, 0.1) is 24.2 Å². The van der Waals surface area contributed by atoms with Crippen molar-refractivity contribution in [2.45, 2.75) is 44.1 Å². The Bertz CT molecular complexity index is 2440. The van der Waals surface area contributed by atoms with Crippen molar-refractivity contribution in [1.82, 2.24) is 29.0 Å². The summed E-state index contributed by atoms with van der Waals surface area (Å²) in [5.74, 6) is -2.59. The minimum Gasteiger partial charge on any atom is -0.506 e. The topological polar surface area (TPSA) is 193 Å². The van der Waals surface area contributed by atoms with E-state index < -0.39 is 51.9 Å². The van der Waals surface area contributed by atoms with Crippen molar-refractivity contribution in [3.8, 4) is 11.5 Å². The molecule has 0 bridgehead atoms. The standard InChI is InChI=1S/C37H40FN7O9S/c1-41-29-14-23(3-5-27(29)45(37(41)51)28-6-7-31(47)39-36(28)50)22-9-11-42(12-10-22)19-33(49)43-13-8-21(17-43)20-54-25-4-2-24-15-30(46)35(34(38)26(24)16-25)44-18-32(48)40-55(44,52)53/h2-5,14-16,21-22,28,46H,6-13,17-20H2,1H3,(H,40,48)(H,39,47,50)/t21-,28?/m0/s1. The number of hydrogen-bond acceptors (Lipinski definition) is 10. The second-order valence-corrected chi connectivity index (χ2v) is 16.4. The van der Waals surface area contributed by atoms with E-state index >= 15 is 4.39 Å². The zero-order valence-corrected chi connectivity index (χ0v) is 30.8. The van der Waals surface area contributed by atoms with Crippen molar-refractivity contribution in [2.75, 3.05) is 50.2 Å². The SMILES string of the molecule is Cn1c(=O)n(C2CCC(=O)NC2=O)c2ccc(C3CCN(CC(=O)N4CC[C@H](COc5ccc6cc(O)c(N7CC(=O)NS7(=O)=O)c(F)c6c5)C4)CC3)cc21. The molecule has 290 valence electrons. The van der Waals surface area contributed by atoms with E-state index in [1.807, 2.05) is 23.1 Å². The van der Waals surface area contributed by atoms with Crippen molar-refractivity contribution in [3.63, 3.8) is 0 Å². The van der Waals surface area contributed by atoms with Gasteiger partial charge in [-0.05, 0) is 86.0 Å². The van der Waals surface area contributed by atoms with Crippen molar-refractivity contribution in [2.24, 2.45) is 13.0 Å². The predicted octanol–water partition coefficient (Wildman–Crippen LogP) is 1.60. The van der Waals surface area contributed by atoms with E-state index in [4.69, 9.17) is 4.74 Å². The largest absolute Gasteiger partial charge is 0.506 e. The molecule has 4 amide bonds. The monoisotopic (exact) mass is 777 g/mol. The van der Waals surface area contributed by atoms with Gasteiger partial charge in [0, 0.05) is 37.9 Å². The predicted molar refractivity (Wildman–Crippen MR) is 197 cm³/mol. The number of anilines is 1. The van der Waals surface area contributed by atoms with Gasteiger partial charge >= 0.3 is 15.9 Å². The number of amides is 4. The number of hydrogen-bond donors (Lipinski definition) is 3. The Kier molecular flexibility index (Phi) is 9.27. The summed E-state index contributed by atoms with van der Waals surface area (Å²) in [5, 5.41) is 13.1. The fourth-order valence-electron chi connectivity index (χ4n) is 8.27. The van der Waals surface area contributed by atoms with Gasteiger partial charge in [-0.1, -0.05) is 12.1 Å². The number of carbonyl (C=O) groups is 4. The molecule has 1 aromatic heterocycles. The number of aromatic nitrogens is 2. The normalized spacial score (nSPS) is 22.1. The van der Waals surface area contributed by atoms with Crippen LogP contribution in [-0.4, -0.2) is 102 Å². The highest BCUT2D eigenvalue weighted by Crippen LogP contribution is 2.39. The molecule has 0 aliphatic carbocycles. The Morgan fingerprint density at radius 2 is 1.75 bits per heavy atom. The Balaban J connectivity index is 0.846. The molecule has 2 atom stereocenters. The lowest BCUT2D eigenvalue weighted by atomic mass is 9.89. The third kappa shape index (κ3) is 6.77. The smallest absolute Gasteiger partial charge is 0.329 e. The van der Waals surface area contributed by atoms with Crippen LogP contribution in [0.1, 0.15) is 49.6 Å². The molecular formula is C37H40FN7O9S. The van der Waals surface area contributed by atoms with E-state index in [9.17, 15) is 37.5 Å². The fraction of sp³-hybridized carbons (Fsp3) is 0.432. The summed E-state index contributed by atoms with van der Waals surface area (Å²) in [6.45, 7) is 2.50. The zero-order chi connectivity index (χ0) is 38.8. The summed E-state index contributed by atoms with van der Waals surface area (Å²) in [4.78, 5) is 66.4. The molecule has 8 rings (SSSR count). The van der Waals surface area contributed by atoms with Crippen molar-refractivity contribution >= 4 is 61.3 Å². The molecule has 4 saturated heterocycles. The number of benzene rings is 3. The summed E-state index contributed by atoms with van der Waals surface area (Å²) in [6.07, 6.45) is 2.87. The molecule has 4 aliphatic rings. The number of rotatable bonds is 8. The molecule has 0 radical (unpaired) electrons. The van der Waals surface area contributed by atoms with Gasteiger partial charge in [0.1, 0.15) is 29.8 Å². The average Bonchev–Trinajstić information content (AvgIpc) is 3.81. The second kappa shape index (κ2) is 14.0. The second-order valence-electron chi connectivity index (χ2n) is 14.8. The molecule has 5 heterocycles. The highest BCUT2D eigenvalue weighted by Gasteiger charge is 2.38. The number of likely N-dealkylation sites (tertiary alicyclic amines) is 2. The highest BCUT2D eigenvalue weighted by molar-refractivity contribution is 7.92. The molecule has 4 aliphatic heterocycles. The average molecular weight is 778 g/mol. The Morgan fingerprint density at radius 1 is 0.964 bits per heavy atom. The minimum absolute atomic E-state index is 0.0156. The van der Waals surface area contributed by atoms with Crippen molar-refractivity contribution < 1.29 is 41.8 Å². The van der Waals surface area contributed by atoms with Crippen LogP contribution in [0, 0.1) is 11.7 Å². The first-order valence-corrected chi connectivity index (χ1v) is 19.7. The number of nitrogens with one attached hydrogen (secondary N) is 2. The van der Waals surface area contributed by atoms with Gasteiger partial charge in [0.25, 0.3) is 5.91 Å². The molecule has 55 heavy (non-hydrogen) atoms. The number of phenols is 1.